The highest BCUT2D eigenvalue weighted by Crippen LogP contribution is 2.29. The Labute approximate surface area is 175 Å². The highest BCUT2D eigenvalue weighted by atomic mass is 32.2. The van der Waals surface area contributed by atoms with E-state index in [1.807, 2.05) is 18.2 Å². The predicted octanol–water partition coefficient (Wildman–Crippen LogP) is 4.20. The number of hydrogen-bond acceptors (Lipinski definition) is 6. The van der Waals surface area contributed by atoms with Gasteiger partial charge >= 0.3 is 10.1 Å². The molecule has 0 radical (unpaired) electrons. The van der Waals surface area contributed by atoms with Crippen molar-refractivity contribution in [2.24, 2.45) is 0 Å². The summed E-state index contributed by atoms with van der Waals surface area (Å²) >= 11 is 0. The fraction of sp³-hybridized carbons (Fsp3) is 0.455. The molecular formula is C22H32N2O4S. The van der Waals surface area contributed by atoms with E-state index in [1.54, 1.807) is 12.1 Å². The SMILES string of the molecule is CC[C@H](C)NCc1ccc(N(CC)CC)cc1OS(=O)(=O)c1ccc(OC)cc1. The van der Waals surface area contributed by atoms with Crippen molar-refractivity contribution in [1.29, 1.82) is 0 Å². The van der Waals surface area contributed by atoms with Gasteiger partial charge in [-0.25, -0.2) is 0 Å². The molecule has 160 valence electrons. The third-order valence-electron chi connectivity index (χ3n) is 4.98. The van der Waals surface area contributed by atoms with E-state index in [4.69, 9.17) is 8.92 Å². The van der Waals surface area contributed by atoms with E-state index in [9.17, 15) is 8.42 Å². The first kappa shape index (κ1) is 23.0. The summed E-state index contributed by atoms with van der Waals surface area (Å²) in [7, 11) is -2.43. The van der Waals surface area contributed by atoms with Crippen molar-refractivity contribution in [2.45, 2.75) is 51.6 Å². The van der Waals surface area contributed by atoms with Crippen LogP contribution in [0, 0.1) is 0 Å². The maximum atomic E-state index is 12.9. The normalized spacial score (nSPS) is 12.4. The molecule has 6 nitrogen and oxygen atoms in total. The van der Waals surface area contributed by atoms with E-state index in [0.717, 1.165) is 30.8 Å². The summed E-state index contributed by atoms with van der Waals surface area (Å²) < 4.78 is 36.4. The number of ether oxygens (including phenoxy) is 1. The summed E-state index contributed by atoms with van der Waals surface area (Å²) in [5.74, 6) is 0.937. The second-order valence-electron chi connectivity index (χ2n) is 6.87. The molecule has 29 heavy (non-hydrogen) atoms. The molecule has 0 spiro atoms. The summed E-state index contributed by atoms with van der Waals surface area (Å²) in [4.78, 5) is 2.24. The van der Waals surface area contributed by atoms with Gasteiger partial charge in [0.05, 0.1) is 7.11 Å². The Morgan fingerprint density at radius 1 is 1.03 bits per heavy atom. The van der Waals surface area contributed by atoms with Gasteiger partial charge in [0, 0.05) is 43.0 Å². The Bertz CT molecular complexity index is 878. The molecule has 0 bridgehead atoms. The Kier molecular flexibility index (Phi) is 8.34. The highest BCUT2D eigenvalue weighted by molar-refractivity contribution is 7.87. The zero-order valence-electron chi connectivity index (χ0n) is 17.9. The van der Waals surface area contributed by atoms with Gasteiger partial charge in [0.2, 0.25) is 0 Å². The van der Waals surface area contributed by atoms with Crippen molar-refractivity contribution in [2.75, 3.05) is 25.1 Å². The molecule has 0 amide bonds. The molecule has 0 aliphatic carbocycles. The molecule has 0 aromatic heterocycles. The first-order chi connectivity index (χ1) is 13.8. The van der Waals surface area contributed by atoms with Crippen LogP contribution in [0.5, 0.6) is 11.5 Å². The number of nitrogens with one attached hydrogen (secondary N) is 1. The molecule has 1 N–H and O–H groups in total. The van der Waals surface area contributed by atoms with Gasteiger partial charge in [-0.2, -0.15) is 8.42 Å². The average molecular weight is 421 g/mol. The van der Waals surface area contributed by atoms with Crippen LogP contribution in [0.1, 0.15) is 39.7 Å². The molecule has 0 fully saturated rings. The predicted molar refractivity (Wildman–Crippen MR) is 117 cm³/mol. The zero-order valence-corrected chi connectivity index (χ0v) is 18.8. The molecule has 0 saturated heterocycles. The number of anilines is 1. The summed E-state index contributed by atoms with van der Waals surface area (Å²) in [6.45, 7) is 10.5. The van der Waals surface area contributed by atoms with Crippen molar-refractivity contribution in [3.63, 3.8) is 0 Å². The van der Waals surface area contributed by atoms with Crippen LogP contribution in [0.2, 0.25) is 0 Å². The standard InChI is InChI=1S/C22H32N2O4S/c1-6-17(4)23-16-18-9-10-19(24(7-2)8-3)15-22(18)28-29(25,26)21-13-11-20(27-5)12-14-21/h9-15,17,23H,6-8,16H2,1-5H3/t17-/m0/s1. The van der Waals surface area contributed by atoms with Crippen molar-refractivity contribution < 1.29 is 17.3 Å². The lowest BCUT2D eigenvalue weighted by molar-refractivity contribution is 0.414. The number of benzene rings is 2. The van der Waals surface area contributed by atoms with Gasteiger partial charge in [-0.3, -0.25) is 0 Å². The van der Waals surface area contributed by atoms with E-state index >= 15 is 0 Å². The molecule has 0 heterocycles. The lowest BCUT2D eigenvalue weighted by atomic mass is 10.1. The van der Waals surface area contributed by atoms with Crippen molar-refractivity contribution in [3.8, 4) is 11.5 Å². The van der Waals surface area contributed by atoms with Crippen LogP contribution in [0.4, 0.5) is 5.69 Å². The van der Waals surface area contributed by atoms with Crippen LogP contribution in [-0.2, 0) is 16.7 Å². The fourth-order valence-electron chi connectivity index (χ4n) is 2.89. The number of methoxy groups -OCH3 is 1. The van der Waals surface area contributed by atoms with Gasteiger partial charge in [-0.05, 0) is 57.5 Å². The van der Waals surface area contributed by atoms with Gasteiger partial charge in [0.25, 0.3) is 0 Å². The first-order valence-electron chi connectivity index (χ1n) is 10.0. The molecule has 2 rings (SSSR count). The van der Waals surface area contributed by atoms with Gasteiger partial charge in [0.1, 0.15) is 16.4 Å². The fourth-order valence-corrected chi connectivity index (χ4v) is 3.85. The number of nitrogens with zero attached hydrogens (tertiary/aromatic N) is 1. The summed E-state index contributed by atoms with van der Waals surface area (Å²) in [6.07, 6.45) is 0.984. The van der Waals surface area contributed by atoms with Crippen LogP contribution in [0.3, 0.4) is 0 Å². The minimum Gasteiger partial charge on any atom is -0.497 e. The van der Waals surface area contributed by atoms with Crippen LogP contribution in [0.25, 0.3) is 0 Å². The zero-order chi connectivity index (χ0) is 21.4. The topological polar surface area (TPSA) is 67.9 Å². The van der Waals surface area contributed by atoms with E-state index in [-0.39, 0.29) is 4.90 Å². The molecule has 2 aromatic rings. The monoisotopic (exact) mass is 420 g/mol. The molecule has 0 aliphatic rings. The van der Waals surface area contributed by atoms with E-state index < -0.39 is 10.1 Å². The number of hydrogen-bond donors (Lipinski definition) is 1. The first-order valence-corrected chi connectivity index (χ1v) is 11.4. The molecule has 1 atom stereocenters. The minimum absolute atomic E-state index is 0.0902. The summed E-state index contributed by atoms with van der Waals surface area (Å²) in [5, 5.41) is 3.40. The quantitative estimate of drug-likeness (QED) is 0.550. The Morgan fingerprint density at radius 3 is 2.24 bits per heavy atom. The van der Waals surface area contributed by atoms with Crippen LogP contribution >= 0.6 is 0 Å². The van der Waals surface area contributed by atoms with E-state index in [0.29, 0.717) is 24.1 Å². The smallest absolute Gasteiger partial charge is 0.339 e. The second-order valence-corrected chi connectivity index (χ2v) is 8.41. The number of rotatable bonds is 11. The third-order valence-corrected chi connectivity index (χ3v) is 6.23. The molecule has 7 heteroatoms. The van der Waals surface area contributed by atoms with Gasteiger partial charge in [-0.1, -0.05) is 13.0 Å². The van der Waals surface area contributed by atoms with Crippen molar-refractivity contribution >= 4 is 15.8 Å². The van der Waals surface area contributed by atoms with Crippen LogP contribution in [0.15, 0.2) is 47.4 Å². The van der Waals surface area contributed by atoms with Gasteiger partial charge in [-0.15, -0.1) is 0 Å². The summed E-state index contributed by atoms with van der Waals surface area (Å²) in [5.41, 5.74) is 1.74. The molecule has 0 saturated carbocycles. The lowest BCUT2D eigenvalue weighted by Crippen LogP contribution is -2.25. The third kappa shape index (κ3) is 6.11. The van der Waals surface area contributed by atoms with Crippen molar-refractivity contribution in [1.82, 2.24) is 5.32 Å². The molecular weight excluding hydrogens is 388 g/mol. The molecule has 2 aromatic carbocycles. The Hall–Kier alpha value is -2.25. The maximum absolute atomic E-state index is 12.9. The van der Waals surface area contributed by atoms with Crippen LogP contribution in [-0.4, -0.2) is 34.7 Å². The minimum atomic E-state index is -3.96. The van der Waals surface area contributed by atoms with Crippen LogP contribution < -0.4 is 19.1 Å². The second kappa shape index (κ2) is 10.5. The highest BCUT2D eigenvalue weighted by Gasteiger charge is 2.20. The Balaban J connectivity index is 2.38. The summed E-state index contributed by atoms with van der Waals surface area (Å²) in [6, 6.07) is 12.3. The molecule has 0 aliphatic heterocycles. The lowest BCUT2D eigenvalue weighted by Gasteiger charge is -2.23. The maximum Gasteiger partial charge on any atom is 0.339 e. The molecule has 0 unspecified atom stereocenters. The largest absolute Gasteiger partial charge is 0.497 e. The van der Waals surface area contributed by atoms with E-state index in [2.05, 4.69) is 37.9 Å². The Morgan fingerprint density at radius 2 is 1.69 bits per heavy atom. The van der Waals surface area contributed by atoms with Crippen molar-refractivity contribution in [3.05, 3.63) is 48.0 Å². The average Bonchev–Trinajstić information content (AvgIpc) is 2.73. The van der Waals surface area contributed by atoms with E-state index in [1.165, 1.54) is 19.2 Å². The van der Waals surface area contributed by atoms with Gasteiger partial charge in [0.15, 0.2) is 0 Å². The van der Waals surface area contributed by atoms with Gasteiger partial charge < -0.3 is 19.1 Å².